The largest absolute Gasteiger partial charge is 0.426 e. The van der Waals surface area contributed by atoms with Gasteiger partial charge in [0.05, 0.1) is 0 Å². The minimum absolute atomic E-state index is 0.193. The van der Waals surface area contributed by atoms with Crippen LogP contribution in [-0.4, -0.2) is 21.6 Å². The average Bonchev–Trinajstić information content (AvgIpc) is 2.60. The van der Waals surface area contributed by atoms with Crippen molar-refractivity contribution in [3.05, 3.63) is 23.3 Å². The molecule has 0 aromatic heterocycles. The van der Waals surface area contributed by atoms with Crippen molar-refractivity contribution in [1.82, 2.24) is 0 Å². The predicted molar refractivity (Wildman–Crippen MR) is 89.2 cm³/mol. The van der Waals surface area contributed by atoms with E-state index in [1.54, 1.807) is 12.1 Å². The molecule has 3 rings (SSSR count). The molecular formula is C16H16Br2O4. The second kappa shape index (κ2) is 5.96. The van der Waals surface area contributed by atoms with Crippen molar-refractivity contribution >= 4 is 43.8 Å². The highest BCUT2D eigenvalue weighted by Gasteiger charge is 2.49. The fraction of sp³-hybridized carbons (Fsp3) is 0.500. The fourth-order valence-electron chi connectivity index (χ4n) is 3.58. The first kappa shape index (κ1) is 16.0. The van der Waals surface area contributed by atoms with E-state index in [0.29, 0.717) is 16.3 Å². The molecule has 4 nitrogen and oxygen atoms in total. The first-order valence-corrected chi connectivity index (χ1v) is 9.05. The van der Waals surface area contributed by atoms with Gasteiger partial charge in [0.15, 0.2) is 0 Å². The van der Waals surface area contributed by atoms with Crippen molar-refractivity contribution in [1.29, 1.82) is 0 Å². The number of halogens is 2. The van der Waals surface area contributed by atoms with E-state index in [9.17, 15) is 9.59 Å². The van der Waals surface area contributed by atoms with Crippen LogP contribution in [0.15, 0.2) is 12.1 Å². The van der Waals surface area contributed by atoms with Crippen LogP contribution in [0, 0.1) is 0 Å². The Morgan fingerprint density at radius 2 is 1.55 bits per heavy atom. The van der Waals surface area contributed by atoms with E-state index in [1.165, 1.54) is 13.8 Å². The van der Waals surface area contributed by atoms with E-state index in [2.05, 4.69) is 31.9 Å². The van der Waals surface area contributed by atoms with Gasteiger partial charge in [0.2, 0.25) is 0 Å². The lowest BCUT2D eigenvalue weighted by molar-refractivity contribution is -0.133. The molecule has 118 valence electrons. The van der Waals surface area contributed by atoms with E-state index in [4.69, 9.17) is 9.47 Å². The van der Waals surface area contributed by atoms with Crippen molar-refractivity contribution in [3.8, 4) is 11.5 Å². The molecule has 1 fully saturated rings. The summed E-state index contributed by atoms with van der Waals surface area (Å²) in [5.41, 5.74) is 1.99. The number of carbonyl (C=O) groups is 2. The number of ether oxygens (including phenoxy) is 2. The van der Waals surface area contributed by atoms with Gasteiger partial charge in [-0.3, -0.25) is 9.59 Å². The molecule has 0 aliphatic heterocycles. The zero-order valence-electron chi connectivity index (χ0n) is 12.3. The second-order valence-electron chi connectivity index (χ2n) is 5.75. The van der Waals surface area contributed by atoms with Gasteiger partial charge in [0.25, 0.3) is 0 Å². The SMILES string of the molecule is CC(=O)Oc1ccc(OC(C)=O)c2c1[C@@H]1C(Br)[C@H]2CC[C@H]1Br. The van der Waals surface area contributed by atoms with Gasteiger partial charge in [0, 0.05) is 46.5 Å². The molecule has 0 spiro atoms. The van der Waals surface area contributed by atoms with Crippen LogP contribution in [0.2, 0.25) is 0 Å². The number of carbonyl (C=O) groups excluding carboxylic acids is 2. The molecule has 0 amide bonds. The van der Waals surface area contributed by atoms with Gasteiger partial charge in [-0.1, -0.05) is 31.9 Å². The zero-order valence-corrected chi connectivity index (χ0v) is 15.4. The van der Waals surface area contributed by atoms with Gasteiger partial charge >= 0.3 is 11.9 Å². The predicted octanol–water partition coefficient (Wildman–Crippen LogP) is 4.04. The van der Waals surface area contributed by atoms with Crippen LogP contribution >= 0.6 is 31.9 Å². The molecule has 0 radical (unpaired) electrons. The first-order chi connectivity index (χ1) is 10.4. The number of alkyl halides is 2. The molecule has 2 bridgehead atoms. The Morgan fingerprint density at radius 3 is 2.09 bits per heavy atom. The van der Waals surface area contributed by atoms with Crippen molar-refractivity contribution in [2.45, 2.75) is 48.2 Å². The van der Waals surface area contributed by atoms with E-state index >= 15 is 0 Å². The minimum Gasteiger partial charge on any atom is -0.426 e. The topological polar surface area (TPSA) is 52.6 Å². The fourth-order valence-corrected chi connectivity index (χ4v) is 6.01. The van der Waals surface area contributed by atoms with Crippen molar-refractivity contribution in [2.24, 2.45) is 0 Å². The Balaban J connectivity index is 2.17. The van der Waals surface area contributed by atoms with Crippen molar-refractivity contribution in [2.75, 3.05) is 0 Å². The molecule has 4 atom stereocenters. The molecule has 1 unspecified atom stereocenters. The molecule has 2 aliphatic rings. The maximum absolute atomic E-state index is 11.4. The van der Waals surface area contributed by atoms with Gasteiger partial charge in [-0.15, -0.1) is 0 Å². The summed E-state index contributed by atoms with van der Waals surface area (Å²) in [4.78, 5) is 23.3. The van der Waals surface area contributed by atoms with Crippen LogP contribution in [0.25, 0.3) is 0 Å². The smallest absolute Gasteiger partial charge is 0.308 e. The molecule has 0 heterocycles. The number of hydrogen-bond acceptors (Lipinski definition) is 4. The van der Waals surface area contributed by atoms with Crippen LogP contribution in [0.4, 0.5) is 0 Å². The molecule has 6 heteroatoms. The summed E-state index contributed by atoms with van der Waals surface area (Å²) in [7, 11) is 0. The standard InChI is InChI=1S/C16H16Br2O4/c1-7(19)21-11-5-6-12(22-8(2)20)15-13(11)9-3-4-10(17)14(15)16(9)18/h5-6,9-10,14,16H,3-4H2,1-2H3/t9-,10+,14+,16?/m0/s1. The number of esters is 2. The first-order valence-electron chi connectivity index (χ1n) is 7.22. The Bertz CT molecular complexity index is 643. The van der Waals surface area contributed by atoms with E-state index < -0.39 is 0 Å². The Kier molecular flexibility index (Phi) is 4.34. The third-order valence-electron chi connectivity index (χ3n) is 4.29. The zero-order chi connectivity index (χ0) is 16.0. The molecule has 0 saturated heterocycles. The van der Waals surface area contributed by atoms with Crippen LogP contribution < -0.4 is 9.47 Å². The molecule has 0 N–H and O–H groups in total. The van der Waals surface area contributed by atoms with Crippen molar-refractivity contribution in [3.63, 3.8) is 0 Å². The highest BCUT2D eigenvalue weighted by Crippen LogP contribution is 2.60. The number of hydrogen-bond donors (Lipinski definition) is 0. The molecule has 22 heavy (non-hydrogen) atoms. The van der Waals surface area contributed by atoms with Gasteiger partial charge in [0.1, 0.15) is 11.5 Å². The van der Waals surface area contributed by atoms with E-state index in [0.717, 1.165) is 24.0 Å². The Hall–Kier alpha value is -0.880. The Labute approximate surface area is 145 Å². The lowest BCUT2D eigenvalue weighted by Crippen LogP contribution is -2.26. The summed E-state index contributed by atoms with van der Waals surface area (Å²) in [5.74, 6) is 0.919. The summed E-state index contributed by atoms with van der Waals surface area (Å²) in [5, 5.41) is 0. The molecule has 1 saturated carbocycles. The average molecular weight is 432 g/mol. The number of rotatable bonds is 2. The van der Waals surface area contributed by atoms with Gasteiger partial charge < -0.3 is 9.47 Å². The summed E-state index contributed by atoms with van der Waals surface area (Å²) in [6.07, 6.45) is 2.03. The quantitative estimate of drug-likeness (QED) is 0.403. The molecule has 1 aromatic carbocycles. The van der Waals surface area contributed by atoms with Crippen LogP contribution in [0.1, 0.15) is 49.7 Å². The van der Waals surface area contributed by atoms with Crippen molar-refractivity contribution < 1.29 is 19.1 Å². The maximum atomic E-state index is 11.4. The van der Waals surface area contributed by atoms with Crippen LogP contribution in [0.5, 0.6) is 11.5 Å². The van der Waals surface area contributed by atoms with E-state index in [1.807, 2.05) is 0 Å². The summed E-state index contributed by atoms with van der Waals surface area (Å²) >= 11 is 7.54. The van der Waals surface area contributed by atoms with Gasteiger partial charge in [-0.25, -0.2) is 0 Å². The summed E-state index contributed by atoms with van der Waals surface area (Å²) in [6.45, 7) is 2.79. The normalized spacial score (nSPS) is 28.9. The van der Waals surface area contributed by atoms with Gasteiger partial charge in [-0.2, -0.15) is 0 Å². The van der Waals surface area contributed by atoms with Gasteiger partial charge in [-0.05, 0) is 25.0 Å². The monoisotopic (exact) mass is 430 g/mol. The molecular weight excluding hydrogens is 416 g/mol. The lowest BCUT2D eigenvalue weighted by atomic mass is 9.86. The highest BCUT2D eigenvalue weighted by atomic mass is 79.9. The number of benzene rings is 1. The van der Waals surface area contributed by atoms with Crippen LogP contribution in [-0.2, 0) is 9.59 Å². The number of fused-ring (bicyclic) bond motifs is 5. The third-order valence-corrected chi connectivity index (χ3v) is 6.52. The second-order valence-corrected chi connectivity index (χ2v) is 7.98. The molecule has 2 aliphatic carbocycles. The summed E-state index contributed by atoms with van der Waals surface area (Å²) in [6, 6.07) is 3.45. The minimum atomic E-state index is -0.346. The Morgan fingerprint density at radius 1 is 1.00 bits per heavy atom. The van der Waals surface area contributed by atoms with Crippen LogP contribution in [0.3, 0.4) is 0 Å². The maximum Gasteiger partial charge on any atom is 0.308 e. The summed E-state index contributed by atoms with van der Waals surface area (Å²) < 4.78 is 10.8. The highest BCUT2D eigenvalue weighted by molar-refractivity contribution is 9.10. The lowest BCUT2D eigenvalue weighted by Gasteiger charge is -2.30. The van der Waals surface area contributed by atoms with E-state index in [-0.39, 0.29) is 28.6 Å². The third kappa shape index (κ3) is 2.60. The molecule has 1 aromatic rings.